The Balaban J connectivity index is 1.42. The Kier molecular flexibility index (Phi) is 4.48. The second kappa shape index (κ2) is 6.97. The maximum absolute atomic E-state index is 12.1. The van der Waals surface area contributed by atoms with Crippen LogP contribution >= 0.6 is 11.6 Å². The summed E-state index contributed by atoms with van der Waals surface area (Å²) in [6.45, 7) is 0. The number of carboxylic acid groups (broad SMARTS) is 1. The van der Waals surface area contributed by atoms with Gasteiger partial charge in [0, 0.05) is 22.0 Å². The molecule has 9 heteroatoms. The van der Waals surface area contributed by atoms with Gasteiger partial charge in [0.1, 0.15) is 5.41 Å². The SMILES string of the molecule is O=C(Nc1ccc(-c2nnc(C3(C(=O)O)CC3)o2)cc1)Nc1cccc(Cl)c1. The van der Waals surface area contributed by atoms with E-state index in [0.717, 1.165) is 0 Å². The maximum Gasteiger partial charge on any atom is 0.323 e. The number of hydrogen-bond donors (Lipinski definition) is 3. The Hall–Kier alpha value is -3.39. The Bertz CT molecular complexity index is 1040. The van der Waals surface area contributed by atoms with Gasteiger partial charge in [-0.15, -0.1) is 10.2 Å². The molecular formula is C19H15ClN4O4. The molecule has 28 heavy (non-hydrogen) atoms. The van der Waals surface area contributed by atoms with E-state index in [1.807, 2.05) is 0 Å². The number of carboxylic acids is 1. The standard InChI is InChI=1S/C19H15ClN4O4/c20-12-2-1-3-14(10-12)22-18(27)21-13-6-4-11(5-7-13)15-23-24-16(28-15)19(8-9-19)17(25)26/h1-7,10H,8-9H2,(H,25,26)(H2,21,22,27). The summed E-state index contributed by atoms with van der Waals surface area (Å²) in [4.78, 5) is 23.4. The summed E-state index contributed by atoms with van der Waals surface area (Å²) >= 11 is 5.89. The molecule has 0 spiro atoms. The van der Waals surface area contributed by atoms with Crippen LogP contribution in [-0.4, -0.2) is 27.3 Å². The number of aliphatic carboxylic acids is 1. The minimum absolute atomic E-state index is 0.123. The lowest BCUT2D eigenvalue weighted by Crippen LogP contribution is -2.19. The van der Waals surface area contributed by atoms with Crippen molar-refractivity contribution in [3.63, 3.8) is 0 Å². The normalized spacial score (nSPS) is 14.3. The first-order valence-corrected chi connectivity index (χ1v) is 8.85. The van der Waals surface area contributed by atoms with Crippen LogP contribution in [0.15, 0.2) is 52.9 Å². The number of amides is 2. The molecule has 0 saturated heterocycles. The molecule has 3 N–H and O–H groups in total. The minimum Gasteiger partial charge on any atom is -0.480 e. The predicted octanol–water partition coefficient (Wildman–Crippen LogP) is 4.15. The van der Waals surface area contributed by atoms with E-state index in [-0.39, 0.29) is 11.8 Å². The summed E-state index contributed by atoms with van der Waals surface area (Å²) in [7, 11) is 0. The summed E-state index contributed by atoms with van der Waals surface area (Å²) in [5, 5.41) is 23.0. The quantitative estimate of drug-likeness (QED) is 0.594. The molecule has 0 unspecified atom stereocenters. The van der Waals surface area contributed by atoms with Crippen LogP contribution in [0.5, 0.6) is 0 Å². The molecule has 0 radical (unpaired) electrons. The number of anilines is 2. The van der Waals surface area contributed by atoms with Crippen molar-refractivity contribution < 1.29 is 19.1 Å². The third-order valence-corrected chi connectivity index (χ3v) is 4.70. The molecule has 8 nitrogen and oxygen atoms in total. The molecule has 3 aromatic rings. The van der Waals surface area contributed by atoms with Gasteiger partial charge in [0.2, 0.25) is 11.8 Å². The van der Waals surface area contributed by atoms with Crippen molar-refractivity contribution in [1.82, 2.24) is 10.2 Å². The van der Waals surface area contributed by atoms with Crippen LogP contribution in [0.1, 0.15) is 18.7 Å². The third kappa shape index (κ3) is 3.54. The van der Waals surface area contributed by atoms with Crippen LogP contribution in [-0.2, 0) is 10.2 Å². The largest absolute Gasteiger partial charge is 0.480 e. The van der Waals surface area contributed by atoms with E-state index in [4.69, 9.17) is 16.0 Å². The molecule has 1 fully saturated rings. The number of aromatic nitrogens is 2. The number of nitrogens with zero attached hydrogens (tertiary/aromatic N) is 2. The van der Waals surface area contributed by atoms with Crippen LogP contribution in [0.3, 0.4) is 0 Å². The molecule has 1 aliphatic rings. The van der Waals surface area contributed by atoms with Crippen molar-refractivity contribution >= 4 is 35.0 Å². The maximum atomic E-state index is 12.1. The molecule has 1 heterocycles. The monoisotopic (exact) mass is 398 g/mol. The highest BCUT2D eigenvalue weighted by molar-refractivity contribution is 6.30. The number of hydrogen-bond acceptors (Lipinski definition) is 5. The second-order valence-corrected chi connectivity index (χ2v) is 6.90. The number of urea groups is 1. The fourth-order valence-corrected chi connectivity index (χ4v) is 2.92. The molecule has 0 bridgehead atoms. The molecule has 1 aliphatic carbocycles. The highest BCUT2D eigenvalue weighted by Crippen LogP contribution is 2.48. The van der Waals surface area contributed by atoms with Gasteiger partial charge in [-0.05, 0) is 55.3 Å². The highest BCUT2D eigenvalue weighted by atomic mass is 35.5. The Morgan fingerprint density at radius 1 is 1.04 bits per heavy atom. The van der Waals surface area contributed by atoms with E-state index in [2.05, 4.69) is 20.8 Å². The first kappa shape index (κ1) is 18.0. The number of carbonyl (C=O) groups excluding carboxylic acids is 1. The van der Waals surface area contributed by atoms with E-state index < -0.39 is 17.4 Å². The highest BCUT2D eigenvalue weighted by Gasteiger charge is 2.56. The van der Waals surface area contributed by atoms with Gasteiger partial charge in [0.15, 0.2) is 0 Å². The first-order valence-electron chi connectivity index (χ1n) is 8.48. The summed E-state index contributed by atoms with van der Waals surface area (Å²) < 4.78 is 5.55. The lowest BCUT2D eigenvalue weighted by molar-refractivity contribution is -0.140. The van der Waals surface area contributed by atoms with Crippen molar-refractivity contribution in [2.24, 2.45) is 0 Å². The number of rotatable bonds is 5. The molecule has 1 aromatic heterocycles. The summed E-state index contributed by atoms with van der Waals surface area (Å²) in [5.41, 5.74) is 0.728. The molecule has 2 amide bonds. The summed E-state index contributed by atoms with van der Waals surface area (Å²) in [6, 6.07) is 13.2. The number of carbonyl (C=O) groups is 2. The van der Waals surface area contributed by atoms with E-state index in [1.165, 1.54) is 0 Å². The molecule has 4 rings (SSSR count). The van der Waals surface area contributed by atoms with Gasteiger partial charge >= 0.3 is 12.0 Å². The van der Waals surface area contributed by atoms with E-state index in [1.54, 1.807) is 48.5 Å². The van der Waals surface area contributed by atoms with Gasteiger partial charge in [0.25, 0.3) is 0 Å². The fourth-order valence-electron chi connectivity index (χ4n) is 2.73. The van der Waals surface area contributed by atoms with Crippen molar-refractivity contribution in [3.8, 4) is 11.5 Å². The zero-order valence-electron chi connectivity index (χ0n) is 14.5. The Morgan fingerprint density at radius 3 is 2.39 bits per heavy atom. The van der Waals surface area contributed by atoms with Crippen molar-refractivity contribution in [2.45, 2.75) is 18.3 Å². The smallest absolute Gasteiger partial charge is 0.323 e. The van der Waals surface area contributed by atoms with E-state index in [9.17, 15) is 14.7 Å². The number of benzene rings is 2. The minimum atomic E-state index is -1.04. The van der Waals surface area contributed by atoms with Crippen LogP contribution < -0.4 is 10.6 Å². The van der Waals surface area contributed by atoms with Gasteiger partial charge in [0.05, 0.1) is 0 Å². The third-order valence-electron chi connectivity index (χ3n) is 4.47. The van der Waals surface area contributed by atoms with Crippen LogP contribution in [0.4, 0.5) is 16.2 Å². The predicted molar refractivity (Wildman–Crippen MR) is 102 cm³/mol. The zero-order valence-corrected chi connectivity index (χ0v) is 15.2. The Labute approximate surface area is 164 Å². The number of nitrogens with one attached hydrogen (secondary N) is 2. The second-order valence-electron chi connectivity index (χ2n) is 6.47. The van der Waals surface area contributed by atoms with Crippen LogP contribution in [0.25, 0.3) is 11.5 Å². The fraction of sp³-hybridized carbons (Fsp3) is 0.158. The Morgan fingerprint density at radius 2 is 1.75 bits per heavy atom. The van der Waals surface area contributed by atoms with Gasteiger partial charge < -0.3 is 20.2 Å². The van der Waals surface area contributed by atoms with Crippen molar-refractivity contribution in [1.29, 1.82) is 0 Å². The molecule has 142 valence electrons. The van der Waals surface area contributed by atoms with Gasteiger partial charge in [-0.25, -0.2) is 4.79 Å². The number of halogens is 1. The average Bonchev–Trinajstić information content (AvgIpc) is 3.33. The van der Waals surface area contributed by atoms with Gasteiger partial charge in [-0.2, -0.15) is 0 Å². The summed E-state index contributed by atoms with van der Waals surface area (Å²) in [6.07, 6.45) is 0.989. The van der Waals surface area contributed by atoms with Crippen LogP contribution in [0, 0.1) is 0 Å². The van der Waals surface area contributed by atoms with Crippen molar-refractivity contribution in [2.75, 3.05) is 10.6 Å². The topological polar surface area (TPSA) is 117 Å². The molecular weight excluding hydrogens is 384 g/mol. The van der Waals surface area contributed by atoms with Gasteiger partial charge in [-0.3, -0.25) is 4.79 Å². The average molecular weight is 399 g/mol. The molecule has 1 saturated carbocycles. The lowest BCUT2D eigenvalue weighted by atomic mass is 10.1. The molecule has 2 aromatic carbocycles. The lowest BCUT2D eigenvalue weighted by Gasteiger charge is -2.08. The van der Waals surface area contributed by atoms with E-state index >= 15 is 0 Å². The first-order chi connectivity index (χ1) is 13.5. The van der Waals surface area contributed by atoms with Gasteiger partial charge in [-0.1, -0.05) is 17.7 Å². The molecule has 0 atom stereocenters. The molecule has 0 aliphatic heterocycles. The zero-order chi connectivity index (χ0) is 19.7. The van der Waals surface area contributed by atoms with Crippen molar-refractivity contribution in [3.05, 3.63) is 59.4 Å². The summed E-state index contributed by atoms with van der Waals surface area (Å²) in [5.74, 6) is -0.594. The van der Waals surface area contributed by atoms with E-state index in [0.29, 0.717) is 34.8 Å². The van der Waals surface area contributed by atoms with Crippen LogP contribution in [0.2, 0.25) is 5.02 Å².